The lowest BCUT2D eigenvalue weighted by atomic mass is 10.0. The highest BCUT2D eigenvalue weighted by atomic mass is 35.5. The zero-order valence-corrected chi connectivity index (χ0v) is 14.7. The van der Waals surface area contributed by atoms with Crippen LogP contribution in [0.15, 0.2) is 47.3 Å². The maximum atomic E-state index is 12.1. The van der Waals surface area contributed by atoms with Crippen LogP contribution in [0.3, 0.4) is 0 Å². The van der Waals surface area contributed by atoms with E-state index in [9.17, 15) is 9.59 Å². The molecule has 2 aromatic heterocycles. The fourth-order valence-electron chi connectivity index (χ4n) is 2.31. The standard InChI is InChI=1S/C18H14ClN3O4/c1-10-16(26-9-21-10)17(23)22-15-6-4-12(8-20-15)13-7-11(18(24)25-2)3-5-14(13)19/h3-9H,1-2H3,(H,20,22,23). The molecule has 0 unspecified atom stereocenters. The highest BCUT2D eigenvalue weighted by molar-refractivity contribution is 6.33. The summed E-state index contributed by atoms with van der Waals surface area (Å²) in [7, 11) is 1.31. The van der Waals surface area contributed by atoms with Crippen molar-refractivity contribution in [1.29, 1.82) is 0 Å². The number of benzene rings is 1. The number of oxazole rings is 1. The second-order valence-corrected chi connectivity index (χ2v) is 5.75. The Hall–Kier alpha value is -3.19. The molecule has 0 saturated carbocycles. The van der Waals surface area contributed by atoms with Crippen molar-refractivity contribution in [2.24, 2.45) is 0 Å². The number of hydrogen-bond acceptors (Lipinski definition) is 6. The van der Waals surface area contributed by atoms with E-state index in [1.807, 2.05) is 0 Å². The fraction of sp³-hybridized carbons (Fsp3) is 0.111. The molecule has 3 rings (SSSR count). The first-order valence-electron chi connectivity index (χ1n) is 7.55. The summed E-state index contributed by atoms with van der Waals surface area (Å²) in [5, 5.41) is 3.09. The Bertz CT molecular complexity index is 967. The average molecular weight is 372 g/mol. The van der Waals surface area contributed by atoms with Crippen LogP contribution in [-0.4, -0.2) is 29.0 Å². The Balaban J connectivity index is 1.83. The predicted octanol–water partition coefficient (Wildman–Crippen LogP) is 3.74. The molecule has 1 amide bonds. The molecule has 0 spiro atoms. The van der Waals surface area contributed by atoms with Crippen molar-refractivity contribution < 1.29 is 18.7 Å². The molecular formula is C18H14ClN3O4. The first kappa shape index (κ1) is 17.6. The molecule has 0 fully saturated rings. The van der Waals surface area contributed by atoms with Gasteiger partial charge in [0, 0.05) is 22.3 Å². The van der Waals surface area contributed by atoms with Crippen molar-refractivity contribution in [3.63, 3.8) is 0 Å². The number of pyridine rings is 1. The van der Waals surface area contributed by atoms with Gasteiger partial charge in [0.1, 0.15) is 5.82 Å². The molecule has 1 aromatic carbocycles. The Kier molecular flexibility index (Phi) is 4.99. The van der Waals surface area contributed by atoms with E-state index < -0.39 is 11.9 Å². The molecule has 1 N–H and O–H groups in total. The van der Waals surface area contributed by atoms with Crippen LogP contribution in [0.5, 0.6) is 0 Å². The smallest absolute Gasteiger partial charge is 0.337 e. The average Bonchev–Trinajstić information content (AvgIpc) is 3.08. The predicted molar refractivity (Wildman–Crippen MR) is 95.2 cm³/mol. The van der Waals surface area contributed by atoms with Gasteiger partial charge in [0.15, 0.2) is 6.39 Å². The van der Waals surface area contributed by atoms with Crippen molar-refractivity contribution >= 4 is 29.3 Å². The van der Waals surface area contributed by atoms with Crippen molar-refractivity contribution in [1.82, 2.24) is 9.97 Å². The first-order valence-corrected chi connectivity index (χ1v) is 7.93. The summed E-state index contributed by atoms with van der Waals surface area (Å²) in [6.07, 6.45) is 2.75. The van der Waals surface area contributed by atoms with Crippen molar-refractivity contribution in [2.45, 2.75) is 6.92 Å². The van der Waals surface area contributed by atoms with Gasteiger partial charge in [-0.25, -0.2) is 14.8 Å². The molecule has 0 aliphatic carbocycles. The van der Waals surface area contributed by atoms with Gasteiger partial charge >= 0.3 is 5.97 Å². The van der Waals surface area contributed by atoms with E-state index in [1.54, 1.807) is 43.5 Å². The highest BCUT2D eigenvalue weighted by Gasteiger charge is 2.15. The number of halogens is 1. The van der Waals surface area contributed by atoms with Crippen LogP contribution < -0.4 is 5.32 Å². The van der Waals surface area contributed by atoms with Gasteiger partial charge in [-0.1, -0.05) is 11.6 Å². The largest absolute Gasteiger partial charge is 0.465 e. The van der Waals surface area contributed by atoms with Gasteiger partial charge in [0.25, 0.3) is 5.91 Å². The molecule has 8 heteroatoms. The number of aryl methyl sites for hydroxylation is 1. The van der Waals surface area contributed by atoms with Gasteiger partial charge in [-0.3, -0.25) is 4.79 Å². The van der Waals surface area contributed by atoms with Gasteiger partial charge < -0.3 is 14.5 Å². The molecule has 2 heterocycles. The lowest BCUT2D eigenvalue weighted by Crippen LogP contribution is -2.13. The summed E-state index contributed by atoms with van der Waals surface area (Å²) in [4.78, 5) is 31.9. The number of nitrogens with zero attached hydrogens (tertiary/aromatic N) is 2. The van der Waals surface area contributed by atoms with Crippen LogP contribution in [0.2, 0.25) is 5.02 Å². The third-order valence-corrected chi connectivity index (χ3v) is 3.98. The molecule has 0 aliphatic rings. The number of carbonyl (C=O) groups is 2. The second-order valence-electron chi connectivity index (χ2n) is 5.34. The van der Waals surface area contributed by atoms with Crippen molar-refractivity contribution in [3.05, 3.63) is 65.0 Å². The molecule has 26 heavy (non-hydrogen) atoms. The molecule has 0 saturated heterocycles. The van der Waals surface area contributed by atoms with Crippen molar-refractivity contribution in [2.75, 3.05) is 12.4 Å². The Morgan fingerprint density at radius 1 is 1.19 bits per heavy atom. The van der Waals surface area contributed by atoms with E-state index in [0.717, 1.165) is 0 Å². The lowest BCUT2D eigenvalue weighted by molar-refractivity contribution is 0.0600. The number of nitrogens with one attached hydrogen (secondary N) is 1. The van der Waals surface area contributed by atoms with Crippen LogP contribution in [0, 0.1) is 6.92 Å². The third kappa shape index (κ3) is 3.57. The molecule has 132 valence electrons. The summed E-state index contributed by atoms with van der Waals surface area (Å²) >= 11 is 6.22. The Morgan fingerprint density at radius 3 is 2.62 bits per heavy atom. The first-order chi connectivity index (χ1) is 12.5. The fourth-order valence-corrected chi connectivity index (χ4v) is 2.54. The van der Waals surface area contributed by atoms with Gasteiger partial charge in [0.05, 0.1) is 18.4 Å². The molecule has 0 atom stereocenters. The minimum Gasteiger partial charge on any atom is -0.465 e. The normalized spacial score (nSPS) is 10.4. The summed E-state index contributed by atoms with van der Waals surface area (Å²) in [6.45, 7) is 1.67. The molecule has 7 nitrogen and oxygen atoms in total. The number of amides is 1. The number of ether oxygens (including phenoxy) is 1. The van der Waals surface area contributed by atoms with Gasteiger partial charge in [-0.05, 0) is 37.3 Å². The van der Waals surface area contributed by atoms with Crippen LogP contribution in [0.1, 0.15) is 26.6 Å². The molecule has 0 radical (unpaired) electrons. The summed E-state index contributed by atoms with van der Waals surface area (Å²) in [5.41, 5.74) is 2.19. The number of esters is 1. The van der Waals surface area contributed by atoms with Gasteiger partial charge in [0.2, 0.25) is 5.76 Å². The molecule has 0 bridgehead atoms. The van der Waals surface area contributed by atoms with Crippen LogP contribution >= 0.6 is 11.6 Å². The summed E-state index contributed by atoms with van der Waals surface area (Å²) in [6, 6.07) is 8.18. The summed E-state index contributed by atoms with van der Waals surface area (Å²) < 4.78 is 9.76. The zero-order valence-electron chi connectivity index (χ0n) is 13.9. The monoisotopic (exact) mass is 371 g/mol. The maximum absolute atomic E-state index is 12.1. The van der Waals surface area contributed by atoms with Crippen molar-refractivity contribution in [3.8, 4) is 11.1 Å². The van der Waals surface area contributed by atoms with E-state index in [0.29, 0.717) is 33.2 Å². The Labute approximate surface area is 154 Å². The molecular weight excluding hydrogens is 358 g/mol. The SMILES string of the molecule is COC(=O)c1ccc(Cl)c(-c2ccc(NC(=O)c3ocnc3C)nc2)c1. The molecule has 0 aliphatic heterocycles. The van der Waals surface area contributed by atoms with Crippen LogP contribution in [-0.2, 0) is 4.74 Å². The summed E-state index contributed by atoms with van der Waals surface area (Å²) in [5.74, 6) is -0.423. The highest BCUT2D eigenvalue weighted by Crippen LogP contribution is 2.29. The number of methoxy groups -OCH3 is 1. The van der Waals surface area contributed by atoms with E-state index in [4.69, 9.17) is 20.8 Å². The number of hydrogen-bond donors (Lipinski definition) is 1. The van der Waals surface area contributed by atoms with E-state index >= 15 is 0 Å². The Morgan fingerprint density at radius 2 is 2.00 bits per heavy atom. The minimum absolute atomic E-state index is 0.129. The van der Waals surface area contributed by atoms with Crippen LogP contribution in [0.4, 0.5) is 5.82 Å². The van der Waals surface area contributed by atoms with E-state index in [2.05, 4.69) is 15.3 Å². The number of rotatable bonds is 4. The van der Waals surface area contributed by atoms with Gasteiger partial charge in [-0.2, -0.15) is 0 Å². The van der Waals surface area contributed by atoms with E-state index in [-0.39, 0.29) is 5.76 Å². The minimum atomic E-state index is -0.456. The number of aromatic nitrogens is 2. The number of anilines is 1. The van der Waals surface area contributed by atoms with Crippen LogP contribution in [0.25, 0.3) is 11.1 Å². The molecule has 3 aromatic rings. The quantitative estimate of drug-likeness (QED) is 0.702. The topological polar surface area (TPSA) is 94.3 Å². The van der Waals surface area contributed by atoms with Gasteiger partial charge in [-0.15, -0.1) is 0 Å². The second kappa shape index (κ2) is 7.37. The third-order valence-electron chi connectivity index (χ3n) is 3.66. The number of carbonyl (C=O) groups excluding carboxylic acids is 2. The zero-order chi connectivity index (χ0) is 18.7. The lowest BCUT2D eigenvalue weighted by Gasteiger charge is -2.08. The van der Waals surface area contributed by atoms with E-state index in [1.165, 1.54) is 13.5 Å². The maximum Gasteiger partial charge on any atom is 0.337 e.